The Morgan fingerprint density at radius 3 is 2.83 bits per heavy atom. The Hall–Kier alpha value is -2.98. The predicted molar refractivity (Wildman–Crippen MR) is 82.9 cm³/mol. The van der Waals surface area contributed by atoms with Gasteiger partial charge in [0.1, 0.15) is 0 Å². The minimum absolute atomic E-state index is 0.172. The molecule has 10 nitrogen and oxygen atoms in total. The van der Waals surface area contributed by atoms with E-state index in [2.05, 4.69) is 21.0 Å². The molecule has 10 heteroatoms. The third-order valence-corrected chi connectivity index (χ3v) is 3.39. The van der Waals surface area contributed by atoms with Crippen LogP contribution in [0.1, 0.15) is 18.5 Å². The number of nitrogens with zero attached hydrogens (tertiary/aromatic N) is 4. The van der Waals surface area contributed by atoms with Gasteiger partial charge in [0.25, 0.3) is 0 Å². The Bertz CT molecular complexity index is 840. The number of hydrogen-bond donors (Lipinski definition) is 2. The van der Waals surface area contributed by atoms with E-state index in [0.29, 0.717) is 6.54 Å². The van der Waals surface area contributed by atoms with Gasteiger partial charge in [-0.1, -0.05) is 35.5 Å². The van der Waals surface area contributed by atoms with Crippen molar-refractivity contribution >= 4 is 5.82 Å². The van der Waals surface area contributed by atoms with Gasteiger partial charge in [0, 0.05) is 6.54 Å². The second-order valence-corrected chi connectivity index (χ2v) is 4.93. The highest BCUT2D eigenvalue weighted by atomic mass is 16.7. The molecule has 1 atom stereocenters. The fourth-order valence-electron chi connectivity index (χ4n) is 2.22. The molecule has 2 heterocycles. The van der Waals surface area contributed by atoms with Crippen molar-refractivity contribution in [2.45, 2.75) is 13.0 Å². The molecule has 2 aromatic heterocycles. The maximum atomic E-state index is 12.1. The molecule has 0 saturated heterocycles. The molecule has 3 rings (SSSR count). The highest BCUT2D eigenvalue weighted by Crippen LogP contribution is 2.26. The summed E-state index contributed by atoms with van der Waals surface area (Å²) in [5.41, 5.74) is 9.02. The zero-order chi connectivity index (χ0) is 16.9. The first-order valence-corrected chi connectivity index (χ1v) is 7.26. The summed E-state index contributed by atoms with van der Waals surface area (Å²) in [6.45, 7) is 2.44. The van der Waals surface area contributed by atoms with Crippen LogP contribution in [0.4, 0.5) is 5.82 Å². The van der Waals surface area contributed by atoms with E-state index >= 15 is 0 Å². The molecule has 1 aromatic carbocycles. The Balaban J connectivity index is 1.97. The third kappa shape index (κ3) is 3.05. The maximum Gasteiger partial charge on any atom is 0.442 e. The van der Waals surface area contributed by atoms with Gasteiger partial charge in [-0.05, 0) is 22.8 Å². The van der Waals surface area contributed by atoms with E-state index in [4.69, 9.17) is 19.7 Å². The normalized spacial score (nSPS) is 12.2. The predicted octanol–water partition coefficient (Wildman–Crippen LogP) is 0.798. The smallest absolute Gasteiger partial charge is 0.328 e. The summed E-state index contributed by atoms with van der Waals surface area (Å²) in [5, 5.41) is 11.2. The van der Waals surface area contributed by atoms with E-state index in [9.17, 15) is 4.79 Å². The lowest BCUT2D eigenvalue weighted by Gasteiger charge is -2.13. The van der Waals surface area contributed by atoms with E-state index in [-0.39, 0.29) is 30.0 Å². The first kappa shape index (κ1) is 15.9. The zero-order valence-electron chi connectivity index (χ0n) is 12.9. The van der Waals surface area contributed by atoms with Gasteiger partial charge in [0.15, 0.2) is 5.69 Å². The summed E-state index contributed by atoms with van der Waals surface area (Å²) in [7, 11) is 0. The summed E-state index contributed by atoms with van der Waals surface area (Å²) in [4.78, 5) is 17.2. The highest BCUT2D eigenvalue weighted by molar-refractivity contribution is 5.63. The molecule has 0 aliphatic rings. The summed E-state index contributed by atoms with van der Waals surface area (Å²) >= 11 is 0. The lowest BCUT2D eigenvalue weighted by Crippen LogP contribution is -2.21. The number of hydrogen-bond acceptors (Lipinski definition) is 9. The van der Waals surface area contributed by atoms with E-state index in [0.717, 1.165) is 5.56 Å². The number of nitrogens with two attached hydrogens (primary N) is 1. The quantitative estimate of drug-likeness (QED) is 0.475. The van der Waals surface area contributed by atoms with Crippen molar-refractivity contribution in [1.82, 2.24) is 20.0 Å². The minimum Gasteiger partial charge on any atom is -0.328 e. The van der Waals surface area contributed by atoms with Crippen LogP contribution in [-0.4, -0.2) is 33.2 Å². The van der Waals surface area contributed by atoms with Gasteiger partial charge in [-0.25, -0.2) is 19.5 Å². The van der Waals surface area contributed by atoms with Crippen LogP contribution >= 0.6 is 0 Å². The van der Waals surface area contributed by atoms with Crippen LogP contribution in [0.5, 0.6) is 0 Å². The van der Waals surface area contributed by atoms with Crippen LogP contribution in [0.25, 0.3) is 11.5 Å². The molecular weight excluding hydrogens is 316 g/mol. The molecule has 0 fully saturated rings. The Morgan fingerprint density at radius 1 is 1.29 bits per heavy atom. The molecule has 1 unspecified atom stereocenters. The molecule has 3 N–H and O–H groups in total. The van der Waals surface area contributed by atoms with Gasteiger partial charge < -0.3 is 5.73 Å². The number of rotatable bonds is 7. The van der Waals surface area contributed by atoms with Crippen molar-refractivity contribution < 1.29 is 14.0 Å². The maximum absolute atomic E-state index is 12.1. The summed E-state index contributed by atoms with van der Waals surface area (Å²) in [5.74, 6) is -0.264. The van der Waals surface area contributed by atoms with Crippen LogP contribution < -0.4 is 17.0 Å². The fraction of sp³-hybridized carbons (Fsp3) is 0.286. The topological polar surface area (TPSA) is 134 Å². The molecule has 0 saturated carbocycles. The average Bonchev–Trinajstić information content (AvgIpc) is 3.21. The van der Waals surface area contributed by atoms with Gasteiger partial charge >= 0.3 is 5.76 Å². The summed E-state index contributed by atoms with van der Waals surface area (Å²) in [6.07, 6.45) is 0. The lowest BCUT2D eigenvalue weighted by molar-refractivity contribution is 0.198. The van der Waals surface area contributed by atoms with Crippen LogP contribution in [0.15, 0.2) is 44.3 Å². The zero-order valence-corrected chi connectivity index (χ0v) is 12.9. The largest absolute Gasteiger partial charge is 0.442 e. The SMILES string of the molecule is CC(c1ccccc1)n1c(-c2nonc2NOCCN)noc1=O. The van der Waals surface area contributed by atoms with Crippen LogP contribution in [0, 0.1) is 0 Å². The van der Waals surface area contributed by atoms with Crippen molar-refractivity contribution in [3.63, 3.8) is 0 Å². The Kier molecular flexibility index (Phi) is 4.68. The first-order chi connectivity index (χ1) is 11.7. The van der Waals surface area contributed by atoms with Crippen molar-refractivity contribution in [3.8, 4) is 11.5 Å². The van der Waals surface area contributed by atoms with Gasteiger partial charge in [-0.2, -0.15) is 0 Å². The number of aromatic nitrogens is 4. The summed E-state index contributed by atoms with van der Waals surface area (Å²) in [6, 6.07) is 9.14. The van der Waals surface area contributed by atoms with E-state index in [1.165, 1.54) is 4.57 Å². The molecule has 24 heavy (non-hydrogen) atoms. The number of benzene rings is 1. The lowest BCUT2D eigenvalue weighted by atomic mass is 10.1. The van der Waals surface area contributed by atoms with Crippen LogP contribution in [0.2, 0.25) is 0 Å². The van der Waals surface area contributed by atoms with Crippen molar-refractivity contribution in [1.29, 1.82) is 0 Å². The van der Waals surface area contributed by atoms with Crippen molar-refractivity contribution in [3.05, 3.63) is 46.4 Å². The third-order valence-electron chi connectivity index (χ3n) is 3.39. The second kappa shape index (κ2) is 7.06. The molecule has 0 spiro atoms. The monoisotopic (exact) mass is 332 g/mol. The molecular formula is C14H16N6O4. The molecule has 0 aliphatic carbocycles. The van der Waals surface area contributed by atoms with Gasteiger partial charge in [0.05, 0.1) is 12.6 Å². The van der Waals surface area contributed by atoms with E-state index in [1.807, 2.05) is 37.3 Å². The van der Waals surface area contributed by atoms with E-state index in [1.54, 1.807) is 0 Å². The fourth-order valence-corrected chi connectivity index (χ4v) is 2.22. The number of nitrogens with one attached hydrogen (secondary N) is 1. The van der Waals surface area contributed by atoms with Gasteiger partial charge in [0.2, 0.25) is 11.6 Å². The average molecular weight is 332 g/mol. The van der Waals surface area contributed by atoms with Crippen molar-refractivity contribution in [2.75, 3.05) is 18.6 Å². The number of anilines is 1. The Labute approximate surface area is 136 Å². The van der Waals surface area contributed by atoms with Gasteiger partial charge in [-0.3, -0.25) is 9.36 Å². The highest BCUT2D eigenvalue weighted by Gasteiger charge is 2.25. The van der Waals surface area contributed by atoms with E-state index < -0.39 is 5.76 Å². The molecule has 0 bridgehead atoms. The molecule has 3 aromatic rings. The van der Waals surface area contributed by atoms with Crippen LogP contribution in [-0.2, 0) is 4.84 Å². The molecule has 126 valence electrons. The minimum atomic E-state index is -0.613. The summed E-state index contributed by atoms with van der Waals surface area (Å²) < 4.78 is 10.9. The molecule has 0 radical (unpaired) electrons. The van der Waals surface area contributed by atoms with Gasteiger partial charge in [-0.15, -0.1) is 0 Å². The van der Waals surface area contributed by atoms with Crippen molar-refractivity contribution in [2.24, 2.45) is 5.73 Å². The first-order valence-electron chi connectivity index (χ1n) is 7.26. The Morgan fingerprint density at radius 2 is 2.08 bits per heavy atom. The molecule has 0 aliphatic heterocycles. The second-order valence-electron chi connectivity index (χ2n) is 4.93. The standard InChI is InChI=1S/C14H16N6O4/c1-9(10-5-3-2-4-6-10)20-13(19-23-14(20)21)11-12(18-24-16-11)17-22-8-7-15/h2-6,9H,7-8,15H2,1H3,(H,17,18). The molecule has 0 amide bonds. The van der Waals surface area contributed by atoms with Crippen LogP contribution in [0.3, 0.4) is 0 Å².